The molecule has 0 radical (unpaired) electrons. The highest BCUT2D eigenvalue weighted by atomic mass is 35.5. The minimum atomic E-state index is -0.0346. The van der Waals surface area contributed by atoms with Crippen LogP contribution in [0, 0.1) is 0 Å². The van der Waals surface area contributed by atoms with Crippen LogP contribution in [0.1, 0.15) is 47.0 Å². The Hall–Kier alpha value is -2.50. The number of hydrogen-bond acceptors (Lipinski definition) is 4. The van der Waals surface area contributed by atoms with Gasteiger partial charge in [-0.2, -0.15) is 0 Å². The summed E-state index contributed by atoms with van der Waals surface area (Å²) in [4.78, 5) is 20.9. The number of thioether (sulfide) groups is 1. The number of aliphatic imine (C=N–C) groups is 1. The van der Waals surface area contributed by atoms with Crippen LogP contribution in [0.5, 0.6) is 0 Å². The second kappa shape index (κ2) is 15.5. The third-order valence-corrected chi connectivity index (χ3v) is 6.63. The molecular weight excluding hydrogens is 474 g/mol. The summed E-state index contributed by atoms with van der Waals surface area (Å²) in [5, 5.41) is 1.69. The molecule has 0 bridgehead atoms. The summed E-state index contributed by atoms with van der Waals surface area (Å²) in [6.45, 7) is 20.9. The summed E-state index contributed by atoms with van der Waals surface area (Å²) in [5.41, 5.74) is 4.28. The van der Waals surface area contributed by atoms with E-state index in [4.69, 9.17) is 11.6 Å². The third kappa shape index (κ3) is 9.95. The van der Waals surface area contributed by atoms with Crippen molar-refractivity contribution in [2.24, 2.45) is 4.99 Å². The van der Waals surface area contributed by atoms with Gasteiger partial charge >= 0.3 is 0 Å². The normalized spacial score (nSPS) is 15.3. The second-order valence-electron chi connectivity index (χ2n) is 8.59. The van der Waals surface area contributed by atoms with Gasteiger partial charge < -0.3 is 9.80 Å². The zero-order valence-electron chi connectivity index (χ0n) is 22.1. The van der Waals surface area contributed by atoms with E-state index >= 15 is 0 Å². The maximum absolute atomic E-state index is 12.5. The van der Waals surface area contributed by atoms with Crippen LogP contribution in [0.25, 0.3) is 0 Å². The van der Waals surface area contributed by atoms with Gasteiger partial charge in [0.05, 0.1) is 16.4 Å². The zero-order valence-corrected chi connectivity index (χ0v) is 23.7. The minimum Gasteiger partial charge on any atom is -0.368 e. The van der Waals surface area contributed by atoms with E-state index in [0.29, 0.717) is 16.6 Å². The molecule has 1 aliphatic rings. The highest BCUT2D eigenvalue weighted by Crippen LogP contribution is 2.25. The average molecular weight is 514 g/mol. The van der Waals surface area contributed by atoms with E-state index in [2.05, 4.69) is 36.6 Å². The Labute approximate surface area is 221 Å². The number of likely N-dealkylation sites (tertiary alicyclic amines) is 1. The second-order valence-corrected chi connectivity index (χ2v) is 10.0. The fraction of sp³-hybridized carbons (Fsp3) is 0.379. The number of benzene rings is 1. The number of anilines is 1. The van der Waals surface area contributed by atoms with Crippen molar-refractivity contribution < 1.29 is 4.79 Å². The van der Waals surface area contributed by atoms with Gasteiger partial charge in [0.1, 0.15) is 0 Å². The molecule has 6 heteroatoms. The lowest BCUT2D eigenvalue weighted by atomic mass is 10.1. The fourth-order valence-electron chi connectivity index (χ4n) is 3.50. The molecular formula is C29H40ClN3OS. The van der Waals surface area contributed by atoms with Crippen molar-refractivity contribution in [3.05, 3.63) is 89.8 Å². The lowest BCUT2D eigenvalue weighted by Gasteiger charge is -2.25. The molecule has 190 valence electrons. The summed E-state index contributed by atoms with van der Waals surface area (Å²) >= 11 is 7.50. The summed E-state index contributed by atoms with van der Waals surface area (Å²) in [5.74, 6) is -0.0346. The number of nitrogens with zero attached hydrogens (tertiary/aromatic N) is 3. The first-order valence-electron chi connectivity index (χ1n) is 11.8. The number of rotatable bonds is 8. The highest BCUT2D eigenvalue weighted by Gasteiger charge is 2.22. The molecule has 1 saturated heterocycles. The first kappa shape index (κ1) is 30.5. The topological polar surface area (TPSA) is 35.9 Å². The maximum atomic E-state index is 12.5. The van der Waals surface area contributed by atoms with Gasteiger partial charge in [-0.25, -0.2) is 4.99 Å². The Morgan fingerprint density at radius 3 is 2.37 bits per heavy atom. The first-order valence-corrected chi connectivity index (χ1v) is 13.4. The van der Waals surface area contributed by atoms with E-state index in [1.54, 1.807) is 41.9 Å². The van der Waals surface area contributed by atoms with Gasteiger partial charge in [0.2, 0.25) is 0 Å². The van der Waals surface area contributed by atoms with Crippen molar-refractivity contribution in [3.63, 3.8) is 0 Å². The number of hydrogen-bond donors (Lipinski definition) is 0. The minimum absolute atomic E-state index is 0.0346. The number of allylic oxidation sites excluding steroid dienone is 3. The summed E-state index contributed by atoms with van der Waals surface area (Å²) in [7, 11) is 1.76. The molecule has 0 saturated carbocycles. The number of carbonyl (C=O) groups excluding carboxylic acids is 1. The molecule has 2 rings (SSSR count). The molecule has 1 aliphatic heterocycles. The lowest BCUT2D eigenvalue weighted by Crippen LogP contribution is -2.27. The van der Waals surface area contributed by atoms with Crippen molar-refractivity contribution >= 4 is 40.0 Å². The SMILES string of the molecule is C=C(N=C(C)SC)C(=C)N1CCCC1C.C=CCC=CC(C(=O)N(C)c1ccc(Cl)cc1)=C(C)C. The van der Waals surface area contributed by atoms with Gasteiger partial charge in [-0.1, -0.05) is 48.6 Å². The van der Waals surface area contributed by atoms with Crippen molar-refractivity contribution in [2.45, 2.75) is 53.0 Å². The van der Waals surface area contributed by atoms with E-state index in [1.807, 2.05) is 51.3 Å². The number of carbonyl (C=O) groups is 1. The van der Waals surface area contributed by atoms with Crippen LogP contribution < -0.4 is 4.90 Å². The summed E-state index contributed by atoms with van der Waals surface area (Å²) in [6.07, 6.45) is 10.8. The van der Waals surface area contributed by atoms with E-state index in [-0.39, 0.29) is 5.91 Å². The molecule has 0 aromatic heterocycles. The van der Waals surface area contributed by atoms with Crippen molar-refractivity contribution in [3.8, 4) is 0 Å². The van der Waals surface area contributed by atoms with Crippen molar-refractivity contribution in [1.29, 1.82) is 0 Å². The molecule has 35 heavy (non-hydrogen) atoms. The Morgan fingerprint density at radius 1 is 1.26 bits per heavy atom. The molecule has 0 aliphatic carbocycles. The number of amides is 1. The van der Waals surface area contributed by atoms with Crippen LogP contribution in [-0.2, 0) is 4.79 Å². The van der Waals surface area contributed by atoms with Crippen LogP contribution in [0.2, 0.25) is 5.02 Å². The van der Waals surface area contributed by atoms with E-state index in [9.17, 15) is 4.79 Å². The van der Waals surface area contributed by atoms with Gasteiger partial charge in [0, 0.05) is 35.9 Å². The van der Waals surface area contributed by atoms with E-state index < -0.39 is 0 Å². The standard InChI is InChI=1S/C17H20ClNO.C12H20N2S/c1-5-6-7-8-16(13(2)3)17(20)19(4)15-11-9-14(18)10-12-15;1-9-7-6-8-14(9)11(3)10(2)13-12(4)15-5/h5,7-12H,1,6H2,2-4H3;9H,2-3,6-8H2,1,4-5H3. The van der Waals surface area contributed by atoms with Crippen LogP contribution in [-0.4, -0.2) is 41.7 Å². The van der Waals surface area contributed by atoms with Gasteiger partial charge in [-0.15, -0.1) is 18.3 Å². The first-order chi connectivity index (χ1) is 16.5. The number of halogens is 1. The molecule has 4 nitrogen and oxygen atoms in total. The van der Waals surface area contributed by atoms with Crippen LogP contribution >= 0.6 is 23.4 Å². The predicted molar refractivity (Wildman–Crippen MR) is 157 cm³/mol. The van der Waals surface area contributed by atoms with Crippen LogP contribution in [0.15, 0.2) is 89.8 Å². The van der Waals surface area contributed by atoms with E-state index in [1.165, 1.54) is 12.8 Å². The molecule has 1 amide bonds. The average Bonchev–Trinajstić information content (AvgIpc) is 3.26. The van der Waals surface area contributed by atoms with Crippen molar-refractivity contribution in [1.82, 2.24) is 4.90 Å². The summed E-state index contributed by atoms with van der Waals surface area (Å²) < 4.78 is 0. The molecule has 1 fully saturated rings. The van der Waals surface area contributed by atoms with Crippen LogP contribution in [0.3, 0.4) is 0 Å². The Bertz CT molecular complexity index is 988. The van der Waals surface area contributed by atoms with Gasteiger partial charge in [0.15, 0.2) is 0 Å². The predicted octanol–water partition coefficient (Wildman–Crippen LogP) is 8.05. The largest absolute Gasteiger partial charge is 0.368 e. The van der Waals surface area contributed by atoms with Gasteiger partial charge in [-0.3, -0.25) is 4.79 Å². The highest BCUT2D eigenvalue weighted by molar-refractivity contribution is 8.13. The molecule has 0 spiro atoms. The Balaban J connectivity index is 0.000000365. The smallest absolute Gasteiger partial charge is 0.257 e. The zero-order chi connectivity index (χ0) is 26.5. The quantitative estimate of drug-likeness (QED) is 0.116. The summed E-state index contributed by atoms with van der Waals surface area (Å²) in [6, 6.07) is 7.79. The fourth-order valence-corrected chi connectivity index (χ4v) is 3.82. The maximum Gasteiger partial charge on any atom is 0.257 e. The number of likely N-dealkylation sites (N-methyl/N-ethyl adjacent to an activating group) is 1. The molecule has 1 aromatic carbocycles. The molecule has 1 atom stereocenters. The van der Waals surface area contributed by atoms with E-state index in [0.717, 1.165) is 40.7 Å². The van der Waals surface area contributed by atoms with Gasteiger partial charge in [-0.05, 0) is 77.5 Å². The lowest BCUT2D eigenvalue weighted by molar-refractivity contribution is -0.114. The Kier molecular flexibility index (Phi) is 13.5. The monoisotopic (exact) mass is 513 g/mol. The molecule has 0 N–H and O–H groups in total. The molecule has 1 unspecified atom stereocenters. The third-order valence-electron chi connectivity index (χ3n) is 5.70. The van der Waals surface area contributed by atoms with Gasteiger partial charge in [0.25, 0.3) is 5.91 Å². The van der Waals surface area contributed by atoms with Crippen molar-refractivity contribution in [2.75, 3.05) is 24.7 Å². The molecule has 1 aromatic rings. The Morgan fingerprint density at radius 2 is 1.89 bits per heavy atom. The molecule has 1 heterocycles. The van der Waals surface area contributed by atoms with Crippen LogP contribution in [0.4, 0.5) is 5.69 Å².